The van der Waals surface area contributed by atoms with Crippen LogP contribution in [0.15, 0.2) is 83.5 Å². The summed E-state index contributed by atoms with van der Waals surface area (Å²) < 4.78 is 12.5. The molecule has 0 bridgehead atoms. The van der Waals surface area contributed by atoms with Gasteiger partial charge in [0.25, 0.3) is 0 Å². The van der Waals surface area contributed by atoms with Crippen LogP contribution in [0, 0.1) is 0 Å². The summed E-state index contributed by atoms with van der Waals surface area (Å²) in [5, 5.41) is 12.3. The van der Waals surface area contributed by atoms with Gasteiger partial charge in [0.05, 0.1) is 23.0 Å². The molecule has 0 saturated heterocycles. The molecule has 0 spiro atoms. The molecule has 0 radical (unpaired) electrons. The first-order valence-corrected chi connectivity index (χ1v) is 9.23. The normalized spacial score (nSPS) is 10.9. The van der Waals surface area contributed by atoms with Gasteiger partial charge >= 0.3 is 5.97 Å². The highest BCUT2D eigenvalue weighted by molar-refractivity contribution is 6.04. The van der Waals surface area contributed by atoms with Crippen molar-refractivity contribution in [2.45, 2.75) is 6.61 Å². The smallest absolute Gasteiger partial charge is 0.339 e. The average molecular weight is 397 g/mol. The van der Waals surface area contributed by atoms with Crippen molar-refractivity contribution in [1.82, 2.24) is 25.2 Å². The van der Waals surface area contributed by atoms with Gasteiger partial charge < -0.3 is 9.15 Å². The number of tetrazole rings is 1. The van der Waals surface area contributed by atoms with Gasteiger partial charge in [0.2, 0.25) is 0 Å². The van der Waals surface area contributed by atoms with Crippen LogP contribution in [0.1, 0.15) is 16.2 Å². The number of aromatic nitrogens is 5. The number of esters is 1. The molecule has 146 valence electrons. The quantitative estimate of drug-likeness (QED) is 0.416. The van der Waals surface area contributed by atoms with E-state index < -0.39 is 5.97 Å². The predicted octanol–water partition coefficient (Wildman–Crippen LogP) is 3.83. The number of furan rings is 1. The zero-order valence-electron chi connectivity index (χ0n) is 15.7. The first kappa shape index (κ1) is 17.7. The van der Waals surface area contributed by atoms with Crippen LogP contribution in [-0.2, 0) is 11.3 Å². The summed E-state index contributed by atoms with van der Waals surface area (Å²) in [6, 6.07) is 22.0. The van der Waals surface area contributed by atoms with Gasteiger partial charge in [-0.1, -0.05) is 36.4 Å². The maximum atomic E-state index is 13.0. The van der Waals surface area contributed by atoms with Crippen molar-refractivity contribution in [3.05, 3.63) is 90.4 Å². The molecule has 8 heteroatoms. The van der Waals surface area contributed by atoms with Crippen LogP contribution in [0.3, 0.4) is 0 Å². The number of benzene rings is 2. The van der Waals surface area contributed by atoms with Gasteiger partial charge in [0, 0.05) is 5.39 Å². The number of ether oxygens (including phenoxy) is 1. The number of pyridine rings is 1. The Labute approximate surface area is 170 Å². The SMILES string of the molecule is O=C(OCc1nnnn1-c1ccccc1)c1cc(-c2ccco2)nc2ccccc12. The summed E-state index contributed by atoms with van der Waals surface area (Å²) in [6.07, 6.45) is 1.56. The Morgan fingerprint density at radius 1 is 1.00 bits per heavy atom. The van der Waals surface area contributed by atoms with Crippen molar-refractivity contribution in [2.75, 3.05) is 0 Å². The molecule has 0 aliphatic carbocycles. The highest BCUT2D eigenvalue weighted by Gasteiger charge is 2.18. The van der Waals surface area contributed by atoms with E-state index in [4.69, 9.17) is 9.15 Å². The minimum Gasteiger partial charge on any atom is -0.463 e. The second-order valence-electron chi connectivity index (χ2n) is 6.47. The Bertz CT molecular complexity index is 1310. The van der Waals surface area contributed by atoms with E-state index >= 15 is 0 Å². The number of nitrogens with zero attached hydrogens (tertiary/aromatic N) is 5. The lowest BCUT2D eigenvalue weighted by Crippen LogP contribution is -2.11. The summed E-state index contributed by atoms with van der Waals surface area (Å²) in [5.41, 5.74) is 2.40. The number of hydrogen-bond donors (Lipinski definition) is 0. The van der Waals surface area contributed by atoms with Gasteiger partial charge in [0.1, 0.15) is 5.69 Å². The lowest BCUT2D eigenvalue weighted by molar-refractivity contribution is 0.0462. The molecule has 8 nitrogen and oxygen atoms in total. The number of hydrogen-bond acceptors (Lipinski definition) is 7. The lowest BCUT2D eigenvalue weighted by atomic mass is 10.1. The van der Waals surface area contributed by atoms with Gasteiger partial charge in [-0.05, 0) is 46.8 Å². The van der Waals surface area contributed by atoms with Gasteiger partial charge in [-0.2, -0.15) is 4.68 Å². The lowest BCUT2D eigenvalue weighted by Gasteiger charge is -2.09. The second kappa shape index (κ2) is 7.59. The maximum absolute atomic E-state index is 13.0. The monoisotopic (exact) mass is 397 g/mol. The third-order valence-corrected chi connectivity index (χ3v) is 4.58. The van der Waals surface area contributed by atoms with Crippen molar-refractivity contribution in [3.63, 3.8) is 0 Å². The minimum absolute atomic E-state index is 0.0759. The second-order valence-corrected chi connectivity index (χ2v) is 6.47. The topological polar surface area (TPSA) is 95.9 Å². The number of rotatable bonds is 5. The van der Waals surface area contributed by atoms with Gasteiger partial charge in [-0.3, -0.25) is 0 Å². The van der Waals surface area contributed by atoms with E-state index in [1.807, 2.05) is 54.6 Å². The third kappa shape index (κ3) is 3.30. The molecule has 3 aromatic heterocycles. The molecule has 2 aromatic carbocycles. The first-order valence-electron chi connectivity index (χ1n) is 9.23. The number of carbonyl (C=O) groups excluding carboxylic acids is 1. The molecule has 30 heavy (non-hydrogen) atoms. The molecule has 0 N–H and O–H groups in total. The van der Waals surface area contributed by atoms with Crippen molar-refractivity contribution >= 4 is 16.9 Å². The summed E-state index contributed by atoms with van der Waals surface area (Å²) in [5.74, 6) is 0.492. The van der Waals surface area contributed by atoms with Gasteiger partial charge in [0.15, 0.2) is 18.2 Å². The fraction of sp³-hybridized carbons (Fsp3) is 0.0455. The molecule has 5 rings (SSSR count). The van der Waals surface area contributed by atoms with Crippen molar-refractivity contribution in [1.29, 1.82) is 0 Å². The van der Waals surface area contributed by atoms with E-state index in [0.29, 0.717) is 33.7 Å². The number of carbonyl (C=O) groups is 1. The van der Waals surface area contributed by atoms with Crippen LogP contribution in [0.25, 0.3) is 28.0 Å². The molecular weight excluding hydrogens is 382 g/mol. The highest BCUT2D eigenvalue weighted by atomic mass is 16.5. The van der Waals surface area contributed by atoms with Crippen LogP contribution >= 0.6 is 0 Å². The van der Waals surface area contributed by atoms with E-state index in [0.717, 1.165) is 5.69 Å². The molecule has 0 amide bonds. The molecular formula is C22H15N5O3. The predicted molar refractivity (Wildman–Crippen MR) is 108 cm³/mol. The van der Waals surface area contributed by atoms with E-state index in [1.165, 1.54) is 4.68 Å². The van der Waals surface area contributed by atoms with E-state index in [2.05, 4.69) is 20.5 Å². The van der Waals surface area contributed by atoms with E-state index in [9.17, 15) is 4.79 Å². The van der Waals surface area contributed by atoms with Crippen LogP contribution in [0.2, 0.25) is 0 Å². The summed E-state index contributed by atoms with van der Waals surface area (Å²) >= 11 is 0. The van der Waals surface area contributed by atoms with Crippen molar-refractivity contribution < 1.29 is 13.9 Å². The highest BCUT2D eigenvalue weighted by Crippen LogP contribution is 2.26. The Morgan fingerprint density at radius 2 is 1.83 bits per heavy atom. The molecule has 0 aliphatic rings. The molecule has 5 aromatic rings. The van der Waals surface area contributed by atoms with E-state index in [1.54, 1.807) is 24.5 Å². The van der Waals surface area contributed by atoms with Crippen LogP contribution in [0.4, 0.5) is 0 Å². The Hall–Kier alpha value is -4.33. The van der Waals surface area contributed by atoms with Crippen LogP contribution in [0.5, 0.6) is 0 Å². The molecule has 0 saturated carbocycles. The van der Waals surface area contributed by atoms with Gasteiger partial charge in [-0.25, -0.2) is 9.78 Å². The molecule has 3 heterocycles. The molecule has 0 fully saturated rings. The molecule has 0 atom stereocenters. The van der Waals surface area contributed by atoms with Crippen molar-refractivity contribution in [3.8, 4) is 17.1 Å². The number of fused-ring (bicyclic) bond motifs is 1. The number of para-hydroxylation sites is 2. The summed E-state index contributed by atoms with van der Waals surface area (Å²) in [6.45, 7) is -0.0759. The minimum atomic E-state index is -0.496. The average Bonchev–Trinajstić information content (AvgIpc) is 3.49. The summed E-state index contributed by atoms with van der Waals surface area (Å²) in [7, 11) is 0. The standard InChI is InChI=1S/C22H15N5O3/c28-22(30-14-21-24-25-26-27(21)15-7-2-1-3-8-15)17-13-19(20-11-6-12-29-20)23-18-10-5-4-9-16(17)18/h1-13H,14H2. The molecule has 0 aliphatic heterocycles. The van der Waals surface area contributed by atoms with Crippen LogP contribution < -0.4 is 0 Å². The molecule has 0 unspecified atom stereocenters. The fourth-order valence-electron chi connectivity index (χ4n) is 3.17. The van der Waals surface area contributed by atoms with Crippen molar-refractivity contribution in [2.24, 2.45) is 0 Å². The Balaban J connectivity index is 1.46. The maximum Gasteiger partial charge on any atom is 0.339 e. The summed E-state index contributed by atoms with van der Waals surface area (Å²) in [4.78, 5) is 17.6. The third-order valence-electron chi connectivity index (χ3n) is 4.58. The fourth-order valence-corrected chi connectivity index (χ4v) is 3.17. The van der Waals surface area contributed by atoms with E-state index in [-0.39, 0.29) is 6.61 Å². The Morgan fingerprint density at radius 3 is 2.67 bits per heavy atom. The zero-order valence-corrected chi connectivity index (χ0v) is 15.7. The van der Waals surface area contributed by atoms with Crippen LogP contribution in [-0.4, -0.2) is 31.2 Å². The largest absolute Gasteiger partial charge is 0.463 e. The zero-order chi connectivity index (χ0) is 20.3. The Kier molecular flexibility index (Phi) is 4.49. The van der Waals surface area contributed by atoms with Gasteiger partial charge in [-0.15, -0.1) is 5.10 Å². The first-order chi connectivity index (χ1) is 14.8.